The van der Waals surface area contributed by atoms with E-state index in [0.717, 1.165) is 17.7 Å². The first-order valence-corrected chi connectivity index (χ1v) is 5.72. The van der Waals surface area contributed by atoms with E-state index in [1.54, 1.807) is 12.4 Å². The number of hydrogen-bond acceptors (Lipinski definition) is 4. The molecule has 0 saturated carbocycles. The first-order chi connectivity index (χ1) is 8.58. The average molecular weight is 315 g/mol. The van der Waals surface area contributed by atoms with Crippen LogP contribution in [0, 0.1) is 15.9 Å². The summed E-state index contributed by atoms with van der Waals surface area (Å²) in [6.45, 7) is 0.318. The normalized spacial score (nSPS) is 10.3. The number of H-pyrrole nitrogens is 1. The molecular weight excluding hydrogens is 307 g/mol. The molecule has 1 heterocycles. The molecule has 0 saturated heterocycles. The van der Waals surface area contributed by atoms with E-state index >= 15 is 0 Å². The van der Waals surface area contributed by atoms with Crippen molar-refractivity contribution in [2.45, 2.75) is 6.54 Å². The standard InChI is InChI=1S/C10H8BrFN4O2/c11-7-1-10(16(17)18)9(2-8(7)12)13-3-6-4-14-15-5-6/h1-2,4-5,13H,3H2,(H,14,15). The molecule has 0 aliphatic carbocycles. The Hall–Kier alpha value is -1.96. The van der Waals surface area contributed by atoms with Gasteiger partial charge in [-0.05, 0) is 15.9 Å². The molecule has 8 heteroatoms. The third-order valence-electron chi connectivity index (χ3n) is 2.27. The Morgan fingerprint density at radius 3 is 2.94 bits per heavy atom. The molecule has 2 aromatic rings. The maximum Gasteiger partial charge on any atom is 0.293 e. The first kappa shape index (κ1) is 12.5. The van der Waals surface area contributed by atoms with Crippen LogP contribution in [-0.4, -0.2) is 15.1 Å². The molecule has 0 unspecified atom stereocenters. The van der Waals surface area contributed by atoms with Gasteiger partial charge in [-0.1, -0.05) is 0 Å². The summed E-state index contributed by atoms with van der Waals surface area (Å²) in [5, 5.41) is 20.0. The molecule has 0 fully saturated rings. The van der Waals surface area contributed by atoms with E-state index in [4.69, 9.17) is 0 Å². The number of anilines is 1. The van der Waals surface area contributed by atoms with Gasteiger partial charge in [-0.3, -0.25) is 15.2 Å². The zero-order valence-electron chi connectivity index (χ0n) is 8.98. The lowest BCUT2D eigenvalue weighted by Gasteiger charge is -2.06. The van der Waals surface area contributed by atoms with Gasteiger partial charge in [0.2, 0.25) is 0 Å². The molecule has 0 aliphatic heterocycles. The summed E-state index contributed by atoms with van der Waals surface area (Å²) in [7, 11) is 0. The minimum Gasteiger partial charge on any atom is -0.375 e. The summed E-state index contributed by atoms with van der Waals surface area (Å²) in [6, 6.07) is 2.22. The van der Waals surface area contributed by atoms with Crippen LogP contribution in [0.4, 0.5) is 15.8 Å². The number of nitrogens with zero attached hydrogens (tertiary/aromatic N) is 2. The Kier molecular flexibility index (Phi) is 3.56. The van der Waals surface area contributed by atoms with Crippen molar-refractivity contribution < 1.29 is 9.31 Å². The molecule has 18 heavy (non-hydrogen) atoms. The lowest BCUT2D eigenvalue weighted by molar-refractivity contribution is -0.384. The minimum absolute atomic E-state index is 0.0584. The largest absolute Gasteiger partial charge is 0.375 e. The summed E-state index contributed by atoms with van der Waals surface area (Å²) in [5.74, 6) is -0.560. The Morgan fingerprint density at radius 2 is 2.33 bits per heavy atom. The highest BCUT2D eigenvalue weighted by Gasteiger charge is 2.17. The van der Waals surface area contributed by atoms with Crippen molar-refractivity contribution in [1.82, 2.24) is 10.2 Å². The Balaban J connectivity index is 2.25. The Labute approximate surface area is 109 Å². The SMILES string of the molecule is O=[N+]([O-])c1cc(Br)c(F)cc1NCc1cn[nH]c1. The molecule has 0 spiro atoms. The number of aromatic amines is 1. The second-order valence-electron chi connectivity index (χ2n) is 3.50. The van der Waals surface area contributed by atoms with Crippen molar-refractivity contribution in [3.63, 3.8) is 0 Å². The molecule has 2 rings (SSSR count). The van der Waals surface area contributed by atoms with E-state index < -0.39 is 10.7 Å². The summed E-state index contributed by atoms with van der Waals surface area (Å²) in [5.41, 5.74) is 0.751. The van der Waals surface area contributed by atoms with Gasteiger partial charge in [-0.25, -0.2) is 4.39 Å². The van der Waals surface area contributed by atoms with Crippen molar-refractivity contribution in [1.29, 1.82) is 0 Å². The fourth-order valence-corrected chi connectivity index (χ4v) is 1.73. The van der Waals surface area contributed by atoms with Crippen molar-refractivity contribution in [2.75, 3.05) is 5.32 Å². The number of benzene rings is 1. The van der Waals surface area contributed by atoms with Gasteiger partial charge in [0.05, 0.1) is 15.6 Å². The lowest BCUT2D eigenvalue weighted by Crippen LogP contribution is -2.03. The quantitative estimate of drug-likeness (QED) is 0.671. The molecule has 1 aromatic heterocycles. The molecule has 1 aromatic carbocycles. The van der Waals surface area contributed by atoms with E-state index in [1.807, 2.05) is 0 Å². The van der Waals surface area contributed by atoms with Crippen molar-refractivity contribution in [2.24, 2.45) is 0 Å². The van der Waals surface area contributed by atoms with Gasteiger partial charge in [0.25, 0.3) is 5.69 Å². The van der Waals surface area contributed by atoms with E-state index in [0.29, 0.717) is 6.54 Å². The Bertz CT molecular complexity index is 574. The van der Waals surface area contributed by atoms with Gasteiger partial charge >= 0.3 is 0 Å². The van der Waals surface area contributed by atoms with Crippen LogP contribution >= 0.6 is 15.9 Å². The molecule has 2 N–H and O–H groups in total. The zero-order chi connectivity index (χ0) is 13.1. The number of nitro benzene ring substituents is 1. The number of aromatic nitrogens is 2. The highest BCUT2D eigenvalue weighted by molar-refractivity contribution is 9.10. The molecule has 0 atom stereocenters. The van der Waals surface area contributed by atoms with E-state index in [1.165, 1.54) is 0 Å². The molecule has 0 aliphatic rings. The highest BCUT2D eigenvalue weighted by atomic mass is 79.9. The van der Waals surface area contributed by atoms with Crippen LogP contribution < -0.4 is 5.32 Å². The third kappa shape index (κ3) is 2.65. The van der Waals surface area contributed by atoms with Crippen LogP contribution in [0.1, 0.15) is 5.56 Å². The summed E-state index contributed by atoms with van der Waals surface area (Å²) >= 11 is 2.92. The van der Waals surface area contributed by atoms with Gasteiger partial charge in [-0.2, -0.15) is 5.10 Å². The van der Waals surface area contributed by atoms with E-state index in [9.17, 15) is 14.5 Å². The van der Waals surface area contributed by atoms with Gasteiger partial charge in [0, 0.05) is 30.4 Å². The van der Waals surface area contributed by atoms with Crippen LogP contribution in [0.2, 0.25) is 0 Å². The topological polar surface area (TPSA) is 83.8 Å². The highest BCUT2D eigenvalue weighted by Crippen LogP contribution is 2.30. The predicted molar refractivity (Wildman–Crippen MR) is 66.7 cm³/mol. The number of hydrogen-bond donors (Lipinski definition) is 2. The van der Waals surface area contributed by atoms with Crippen LogP contribution in [0.5, 0.6) is 0 Å². The lowest BCUT2D eigenvalue weighted by atomic mass is 10.2. The number of rotatable bonds is 4. The fraction of sp³-hybridized carbons (Fsp3) is 0.100. The van der Waals surface area contributed by atoms with Gasteiger partial charge < -0.3 is 5.32 Å². The monoisotopic (exact) mass is 314 g/mol. The van der Waals surface area contributed by atoms with Gasteiger partial charge in [-0.15, -0.1) is 0 Å². The summed E-state index contributed by atoms with van der Waals surface area (Å²) in [6.07, 6.45) is 3.22. The smallest absolute Gasteiger partial charge is 0.293 e. The summed E-state index contributed by atoms with van der Waals surface area (Å²) < 4.78 is 13.4. The van der Waals surface area contributed by atoms with Gasteiger partial charge in [0.1, 0.15) is 11.5 Å². The number of halogens is 2. The molecule has 0 bridgehead atoms. The zero-order valence-corrected chi connectivity index (χ0v) is 10.6. The second kappa shape index (κ2) is 5.13. The van der Waals surface area contributed by atoms with Crippen molar-refractivity contribution in [3.05, 3.63) is 50.5 Å². The fourth-order valence-electron chi connectivity index (χ4n) is 1.40. The molecule has 94 valence electrons. The van der Waals surface area contributed by atoms with Crippen LogP contribution in [0.25, 0.3) is 0 Å². The van der Waals surface area contributed by atoms with Crippen LogP contribution in [-0.2, 0) is 6.54 Å². The maximum absolute atomic E-state index is 13.4. The molecule has 0 amide bonds. The first-order valence-electron chi connectivity index (χ1n) is 4.93. The minimum atomic E-state index is -0.568. The van der Waals surface area contributed by atoms with Crippen LogP contribution in [0.3, 0.4) is 0 Å². The Morgan fingerprint density at radius 1 is 1.56 bits per heavy atom. The average Bonchev–Trinajstić information content (AvgIpc) is 2.83. The maximum atomic E-state index is 13.4. The predicted octanol–water partition coefficient (Wildman–Crippen LogP) is 2.83. The number of nitrogens with one attached hydrogen (secondary N) is 2. The summed E-state index contributed by atoms with van der Waals surface area (Å²) in [4.78, 5) is 10.3. The second-order valence-corrected chi connectivity index (χ2v) is 4.36. The molecule has 6 nitrogen and oxygen atoms in total. The van der Waals surface area contributed by atoms with Crippen molar-refractivity contribution in [3.8, 4) is 0 Å². The van der Waals surface area contributed by atoms with Gasteiger partial charge in [0.15, 0.2) is 0 Å². The molecular formula is C10H8BrFN4O2. The van der Waals surface area contributed by atoms with E-state index in [2.05, 4.69) is 31.4 Å². The third-order valence-corrected chi connectivity index (χ3v) is 2.88. The van der Waals surface area contributed by atoms with E-state index in [-0.39, 0.29) is 15.8 Å². The van der Waals surface area contributed by atoms with Crippen LogP contribution in [0.15, 0.2) is 29.0 Å². The number of nitro groups is 1. The van der Waals surface area contributed by atoms with Crippen molar-refractivity contribution >= 4 is 27.3 Å². The molecule has 0 radical (unpaired) electrons.